The number of rotatable bonds is 33. The fourth-order valence-electron chi connectivity index (χ4n) is 5.46. The molecule has 1 amide bonds. The van der Waals surface area contributed by atoms with Crippen LogP contribution in [0.3, 0.4) is 0 Å². The number of carbonyl (C=O) groups is 1. The van der Waals surface area contributed by atoms with E-state index in [1.807, 2.05) is 6.08 Å². The monoisotopic (exact) mass is 631 g/mol. The minimum Gasteiger partial charge on any atom is -0.387 e. The van der Waals surface area contributed by atoms with Gasteiger partial charge in [0.2, 0.25) is 5.91 Å². The number of hydrogen-bond donors (Lipinski definition) is 4. The van der Waals surface area contributed by atoms with Gasteiger partial charge in [0.15, 0.2) is 0 Å². The number of carbonyl (C=O) groups excluding carboxylic acids is 1. The summed E-state index contributed by atoms with van der Waals surface area (Å²) in [6.45, 7) is 4.05. The maximum Gasteiger partial charge on any atom is 0.469 e. The molecule has 0 aromatic rings. The molecule has 7 nitrogen and oxygen atoms in total. The Bertz CT molecular complexity index is 683. The summed E-state index contributed by atoms with van der Waals surface area (Å²) in [5.41, 5.74) is 0. The standard InChI is InChI=1S/C35H70NO6P/c1-3-5-7-9-11-13-15-17-18-19-21-23-25-27-29-31-35(38)36-33(32-42-43(39,40)41)34(37)30-28-26-24-22-20-16-14-12-10-8-6-4-2/h28,30,33-34,37H,3-27,29,31-32H2,1-2H3,(H,36,38)(H2,39,40,41)/b30-28+/t33-,34+/m0/s1. The molecule has 0 heterocycles. The van der Waals surface area contributed by atoms with Crippen LogP contribution < -0.4 is 5.32 Å². The van der Waals surface area contributed by atoms with Gasteiger partial charge in [-0.15, -0.1) is 0 Å². The molecule has 0 aromatic heterocycles. The smallest absolute Gasteiger partial charge is 0.387 e. The third-order valence-electron chi connectivity index (χ3n) is 8.25. The summed E-state index contributed by atoms with van der Waals surface area (Å²) < 4.78 is 15.8. The molecule has 43 heavy (non-hydrogen) atoms. The maximum atomic E-state index is 12.5. The number of nitrogens with one attached hydrogen (secondary N) is 1. The van der Waals surface area contributed by atoms with Crippen molar-refractivity contribution in [3.8, 4) is 0 Å². The first kappa shape index (κ1) is 42.3. The lowest BCUT2D eigenvalue weighted by Gasteiger charge is -2.22. The van der Waals surface area contributed by atoms with E-state index >= 15 is 0 Å². The summed E-state index contributed by atoms with van der Waals surface area (Å²) in [6.07, 6.45) is 35.1. The second kappa shape index (κ2) is 31.3. The van der Waals surface area contributed by atoms with Crippen molar-refractivity contribution in [2.75, 3.05) is 6.61 Å². The summed E-state index contributed by atoms with van der Waals surface area (Å²) in [5.74, 6) is -0.226. The lowest BCUT2D eigenvalue weighted by atomic mass is 10.0. The average Bonchev–Trinajstić information content (AvgIpc) is 2.97. The second-order valence-electron chi connectivity index (χ2n) is 12.5. The van der Waals surface area contributed by atoms with E-state index in [0.717, 1.165) is 38.5 Å². The van der Waals surface area contributed by atoms with Crippen LogP contribution >= 0.6 is 7.82 Å². The van der Waals surface area contributed by atoms with Crippen LogP contribution in [0.25, 0.3) is 0 Å². The normalized spacial score (nSPS) is 13.5. The van der Waals surface area contributed by atoms with Crippen LogP contribution in [0.2, 0.25) is 0 Å². The van der Waals surface area contributed by atoms with Crippen LogP contribution in [0.1, 0.15) is 187 Å². The minimum absolute atomic E-state index is 0.226. The minimum atomic E-state index is -4.70. The van der Waals surface area contributed by atoms with Crippen molar-refractivity contribution in [1.29, 1.82) is 0 Å². The molecule has 0 aliphatic rings. The molecule has 4 N–H and O–H groups in total. The summed E-state index contributed by atoms with van der Waals surface area (Å²) in [7, 11) is -4.70. The van der Waals surface area contributed by atoms with E-state index in [9.17, 15) is 14.5 Å². The fraction of sp³-hybridized carbons (Fsp3) is 0.914. The zero-order chi connectivity index (χ0) is 31.9. The molecule has 0 fully saturated rings. The molecule has 2 atom stereocenters. The lowest BCUT2D eigenvalue weighted by Crippen LogP contribution is -2.45. The van der Waals surface area contributed by atoms with Gasteiger partial charge in [0, 0.05) is 6.42 Å². The highest BCUT2D eigenvalue weighted by molar-refractivity contribution is 7.46. The Morgan fingerprint density at radius 1 is 0.651 bits per heavy atom. The third-order valence-corrected chi connectivity index (χ3v) is 8.73. The third kappa shape index (κ3) is 32.5. The van der Waals surface area contributed by atoms with Crippen LogP contribution in [0.5, 0.6) is 0 Å². The predicted molar refractivity (Wildman–Crippen MR) is 181 cm³/mol. The molecule has 8 heteroatoms. The summed E-state index contributed by atoms with van der Waals surface area (Å²) >= 11 is 0. The Labute approximate surface area is 265 Å². The van der Waals surface area contributed by atoms with Crippen molar-refractivity contribution in [3.63, 3.8) is 0 Å². The number of hydrogen-bond acceptors (Lipinski definition) is 4. The zero-order valence-corrected chi connectivity index (χ0v) is 29.0. The molecule has 0 aliphatic heterocycles. The van der Waals surface area contributed by atoms with E-state index in [2.05, 4.69) is 23.7 Å². The Morgan fingerprint density at radius 3 is 1.42 bits per heavy atom. The van der Waals surface area contributed by atoms with Gasteiger partial charge in [-0.25, -0.2) is 4.57 Å². The largest absolute Gasteiger partial charge is 0.469 e. The van der Waals surface area contributed by atoms with Crippen molar-refractivity contribution >= 4 is 13.7 Å². The molecule has 256 valence electrons. The molecule has 0 saturated carbocycles. The summed E-state index contributed by atoms with van der Waals surface area (Å²) in [5, 5.41) is 13.3. The molecule has 0 spiro atoms. The number of phosphoric acid groups is 1. The average molecular weight is 632 g/mol. The fourth-order valence-corrected chi connectivity index (χ4v) is 5.81. The Kier molecular flexibility index (Phi) is 30.7. The van der Waals surface area contributed by atoms with Crippen LogP contribution in [-0.4, -0.2) is 39.6 Å². The number of unbranched alkanes of at least 4 members (excludes halogenated alkanes) is 24. The van der Waals surface area contributed by atoms with Gasteiger partial charge in [-0.05, 0) is 19.3 Å². The molecule has 0 aliphatic carbocycles. The van der Waals surface area contributed by atoms with Gasteiger partial charge in [0.25, 0.3) is 0 Å². The van der Waals surface area contributed by atoms with Gasteiger partial charge < -0.3 is 20.2 Å². The van der Waals surface area contributed by atoms with Crippen molar-refractivity contribution in [2.45, 2.75) is 199 Å². The van der Waals surface area contributed by atoms with Crippen molar-refractivity contribution in [1.82, 2.24) is 5.32 Å². The first-order chi connectivity index (χ1) is 20.8. The predicted octanol–water partition coefficient (Wildman–Crippen LogP) is 10.1. The van der Waals surface area contributed by atoms with Crippen LogP contribution in [-0.2, 0) is 13.9 Å². The second-order valence-corrected chi connectivity index (χ2v) is 13.8. The number of aliphatic hydroxyl groups is 1. The molecular formula is C35H70NO6P. The highest BCUT2D eigenvalue weighted by Crippen LogP contribution is 2.35. The SMILES string of the molecule is CCCCCCCCCCCC/C=C/[C@@H](O)[C@H](COP(=O)(O)O)NC(=O)CCCCCCCCCCCCCCCCC. The van der Waals surface area contributed by atoms with E-state index in [1.54, 1.807) is 6.08 Å². The summed E-state index contributed by atoms with van der Waals surface area (Å²) in [4.78, 5) is 30.7. The summed E-state index contributed by atoms with van der Waals surface area (Å²) in [6, 6.07) is -0.902. The topological polar surface area (TPSA) is 116 Å². The Morgan fingerprint density at radius 2 is 1.02 bits per heavy atom. The molecule has 0 rings (SSSR count). The first-order valence-corrected chi connectivity index (χ1v) is 19.7. The van der Waals surface area contributed by atoms with E-state index in [0.29, 0.717) is 6.42 Å². The van der Waals surface area contributed by atoms with Gasteiger partial charge in [-0.2, -0.15) is 0 Å². The number of allylic oxidation sites excluding steroid dienone is 1. The molecule has 0 aromatic carbocycles. The lowest BCUT2D eigenvalue weighted by molar-refractivity contribution is -0.123. The van der Waals surface area contributed by atoms with E-state index < -0.39 is 26.6 Å². The van der Waals surface area contributed by atoms with E-state index in [-0.39, 0.29) is 5.91 Å². The maximum absolute atomic E-state index is 12.5. The first-order valence-electron chi connectivity index (χ1n) is 18.1. The molecular weight excluding hydrogens is 561 g/mol. The van der Waals surface area contributed by atoms with Crippen molar-refractivity contribution in [3.05, 3.63) is 12.2 Å². The number of aliphatic hydroxyl groups excluding tert-OH is 1. The van der Waals surface area contributed by atoms with Crippen LogP contribution in [0, 0.1) is 0 Å². The van der Waals surface area contributed by atoms with E-state index in [1.165, 1.54) is 128 Å². The highest BCUT2D eigenvalue weighted by atomic mass is 31.2. The Hall–Kier alpha value is -0.720. The quantitative estimate of drug-likeness (QED) is 0.0325. The molecule has 0 saturated heterocycles. The van der Waals surface area contributed by atoms with Crippen molar-refractivity contribution < 1.29 is 28.8 Å². The van der Waals surface area contributed by atoms with Crippen LogP contribution in [0.4, 0.5) is 0 Å². The van der Waals surface area contributed by atoms with Crippen molar-refractivity contribution in [2.24, 2.45) is 0 Å². The van der Waals surface area contributed by atoms with E-state index in [4.69, 9.17) is 9.79 Å². The van der Waals surface area contributed by atoms with Gasteiger partial charge in [-0.3, -0.25) is 9.32 Å². The Balaban J connectivity index is 4.03. The molecule has 0 unspecified atom stereocenters. The van der Waals surface area contributed by atoms with Gasteiger partial charge in [0.1, 0.15) is 0 Å². The number of amides is 1. The van der Waals surface area contributed by atoms with Gasteiger partial charge >= 0.3 is 7.82 Å². The molecule has 0 radical (unpaired) electrons. The van der Waals surface area contributed by atoms with Gasteiger partial charge in [0.05, 0.1) is 18.8 Å². The number of phosphoric ester groups is 1. The molecule has 0 bridgehead atoms. The zero-order valence-electron chi connectivity index (χ0n) is 28.1. The van der Waals surface area contributed by atoms with Crippen LogP contribution in [0.15, 0.2) is 12.2 Å². The highest BCUT2D eigenvalue weighted by Gasteiger charge is 2.24. The van der Waals surface area contributed by atoms with Gasteiger partial charge in [-0.1, -0.05) is 174 Å².